The molecule has 2 N–H and O–H groups in total. The van der Waals surface area contributed by atoms with Gasteiger partial charge in [-0.15, -0.1) is 0 Å². The minimum Gasteiger partial charge on any atom is -0.492 e. The van der Waals surface area contributed by atoms with Crippen LogP contribution in [-0.2, 0) is 4.79 Å². The lowest BCUT2D eigenvalue weighted by molar-refractivity contribution is -0.130. The molecule has 2 aliphatic rings. The van der Waals surface area contributed by atoms with Gasteiger partial charge in [-0.05, 0) is 36.2 Å². The molecule has 158 valence electrons. The van der Waals surface area contributed by atoms with E-state index in [9.17, 15) is 9.59 Å². The highest BCUT2D eigenvalue weighted by atomic mass is 16.5. The van der Waals surface area contributed by atoms with Crippen molar-refractivity contribution >= 4 is 11.8 Å². The summed E-state index contributed by atoms with van der Waals surface area (Å²) in [5.41, 5.74) is 7.37. The number of hydrogen-bond acceptors (Lipinski definition) is 4. The van der Waals surface area contributed by atoms with Gasteiger partial charge < -0.3 is 20.3 Å². The van der Waals surface area contributed by atoms with Gasteiger partial charge in [0.15, 0.2) is 0 Å². The van der Waals surface area contributed by atoms with Crippen LogP contribution in [0.25, 0.3) is 0 Å². The van der Waals surface area contributed by atoms with Crippen molar-refractivity contribution in [3.05, 3.63) is 65.7 Å². The first-order chi connectivity index (χ1) is 14.6. The molecule has 0 saturated carbocycles. The third-order valence-electron chi connectivity index (χ3n) is 6.34. The smallest absolute Gasteiger partial charge is 0.253 e. The van der Waals surface area contributed by atoms with Gasteiger partial charge >= 0.3 is 0 Å². The van der Waals surface area contributed by atoms with E-state index in [-0.39, 0.29) is 29.7 Å². The lowest BCUT2D eigenvalue weighted by Gasteiger charge is -2.38. The van der Waals surface area contributed by atoms with Crippen molar-refractivity contribution in [2.45, 2.75) is 25.3 Å². The average Bonchev–Trinajstić information content (AvgIpc) is 3.17. The molecule has 6 nitrogen and oxygen atoms in total. The quantitative estimate of drug-likeness (QED) is 0.826. The number of piperidine rings is 1. The second-order valence-electron chi connectivity index (χ2n) is 8.12. The summed E-state index contributed by atoms with van der Waals surface area (Å²) in [6.45, 7) is 4.61. The van der Waals surface area contributed by atoms with Crippen molar-refractivity contribution < 1.29 is 14.3 Å². The molecule has 0 bridgehead atoms. The monoisotopic (exact) mass is 407 g/mol. The van der Waals surface area contributed by atoms with Crippen molar-refractivity contribution in [1.29, 1.82) is 0 Å². The number of carbonyl (C=O) groups excluding carboxylic acids is 2. The first-order valence-corrected chi connectivity index (χ1v) is 10.6. The van der Waals surface area contributed by atoms with E-state index in [0.29, 0.717) is 37.6 Å². The number of carbonyl (C=O) groups is 2. The Labute approximate surface area is 177 Å². The molecule has 2 saturated heterocycles. The fourth-order valence-corrected chi connectivity index (χ4v) is 4.89. The second-order valence-corrected chi connectivity index (χ2v) is 8.12. The maximum Gasteiger partial charge on any atom is 0.253 e. The molecule has 2 amide bonds. The van der Waals surface area contributed by atoms with Gasteiger partial charge in [0, 0.05) is 56.5 Å². The zero-order valence-corrected chi connectivity index (χ0v) is 17.4. The minimum absolute atomic E-state index is 0.0342. The number of amides is 2. The molecule has 4 rings (SSSR count). The van der Waals surface area contributed by atoms with Gasteiger partial charge in [0.25, 0.3) is 5.91 Å². The summed E-state index contributed by atoms with van der Waals surface area (Å²) in [6, 6.07) is 17.8. The van der Waals surface area contributed by atoms with Crippen LogP contribution in [0.3, 0.4) is 0 Å². The van der Waals surface area contributed by atoms with Crippen molar-refractivity contribution in [3.63, 3.8) is 0 Å². The molecule has 2 aromatic rings. The Morgan fingerprint density at radius 3 is 2.47 bits per heavy atom. The topological polar surface area (TPSA) is 75.9 Å². The van der Waals surface area contributed by atoms with Crippen molar-refractivity contribution in [3.8, 4) is 5.75 Å². The number of likely N-dealkylation sites (tertiary alicyclic amines) is 2. The second kappa shape index (κ2) is 8.88. The van der Waals surface area contributed by atoms with Crippen LogP contribution in [0.5, 0.6) is 5.75 Å². The summed E-state index contributed by atoms with van der Waals surface area (Å²) < 4.78 is 5.50. The lowest BCUT2D eigenvalue weighted by Crippen LogP contribution is -2.49. The van der Waals surface area contributed by atoms with E-state index < -0.39 is 0 Å². The first-order valence-electron chi connectivity index (χ1n) is 10.6. The van der Waals surface area contributed by atoms with Gasteiger partial charge in [0.2, 0.25) is 5.91 Å². The van der Waals surface area contributed by atoms with Gasteiger partial charge in [-0.25, -0.2) is 0 Å². The molecule has 6 heteroatoms. The highest BCUT2D eigenvalue weighted by Gasteiger charge is 2.46. The summed E-state index contributed by atoms with van der Waals surface area (Å²) in [6.07, 6.45) is 0.816. The Balaban J connectivity index is 1.51. The lowest BCUT2D eigenvalue weighted by atomic mass is 9.81. The third-order valence-corrected chi connectivity index (χ3v) is 6.34. The average molecular weight is 408 g/mol. The van der Waals surface area contributed by atoms with E-state index in [2.05, 4.69) is 12.1 Å². The van der Waals surface area contributed by atoms with E-state index in [4.69, 9.17) is 10.5 Å². The van der Waals surface area contributed by atoms with Crippen molar-refractivity contribution in [2.24, 2.45) is 11.7 Å². The highest BCUT2D eigenvalue weighted by molar-refractivity contribution is 5.94. The Morgan fingerprint density at radius 2 is 1.80 bits per heavy atom. The Kier molecular flexibility index (Phi) is 6.04. The van der Waals surface area contributed by atoms with Crippen LogP contribution in [0, 0.1) is 5.92 Å². The SMILES string of the molecule is CC(=O)N1C[C@H](c2ccccc2)[C@H]2CN(C(=O)c3ccc(OCCN)cc3)CC[C@H]21. The standard InChI is InChI=1S/C24H29N3O3/c1-17(28)27-16-21(18-5-3-2-4-6-18)22-15-26(13-11-23(22)27)24(29)19-7-9-20(10-8-19)30-14-12-25/h2-10,21-23H,11-16,25H2,1H3/t21-,22-,23-/m1/s1. The summed E-state index contributed by atoms with van der Waals surface area (Å²) in [5.74, 6) is 1.37. The molecule has 0 aliphatic carbocycles. The predicted octanol–water partition coefficient (Wildman–Crippen LogP) is 2.50. The summed E-state index contributed by atoms with van der Waals surface area (Å²) in [4.78, 5) is 29.4. The van der Waals surface area contributed by atoms with Crippen LogP contribution in [0.4, 0.5) is 0 Å². The van der Waals surface area contributed by atoms with Gasteiger partial charge in [-0.3, -0.25) is 9.59 Å². The summed E-state index contributed by atoms with van der Waals surface area (Å²) in [5, 5.41) is 0. The van der Waals surface area contributed by atoms with Crippen LogP contribution in [0.1, 0.15) is 35.2 Å². The van der Waals surface area contributed by atoms with Crippen LogP contribution in [0.2, 0.25) is 0 Å². The fourth-order valence-electron chi connectivity index (χ4n) is 4.89. The maximum absolute atomic E-state index is 13.2. The number of nitrogens with two attached hydrogens (primary N) is 1. The molecule has 3 atom stereocenters. The van der Waals surface area contributed by atoms with E-state index in [1.165, 1.54) is 5.56 Å². The normalized spacial score (nSPS) is 23.2. The molecular weight excluding hydrogens is 378 g/mol. The molecule has 30 heavy (non-hydrogen) atoms. The minimum atomic E-state index is 0.0342. The molecule has 2 aliphatic heterocycles. The van der Waals surface area contributed by atoms with Gasteiger partial charge in [0.05, 0.1) is 0 Å². The van der Waals surface area contributed by atoms with E-state index in [0.717, 1.165) is 13.0 Å². The first kappa shape index (κ1) is 20.4. The van der Waals surface area contributed by atoms with Crippen LogP contribution in [0.15, 0.2) is 54.6 Å². The van der Waals surface area contributed by atoms with Gasteiger partial charge in [-0.2, -0.15) is 0 Å². The van der Waals surface area contributed by atoms with E-state index in [1.807, 2.05) is 52.3 Å². The number of nitrogens with zero attached hydrogens (tertiary/aromatic N) is 2. The van der Waals surface area contributed by atoms with Gasteiger partial charge in [0.1, 0.15) is 12.4 Å². The Hall–Kier alpha value is -2.86. The Bertz CT molecular complexity index is 884. The fraction of sp³-hybridized carbons (Fsp3) is 0.417. The third kappa shape index (κ3) is 4.05. The molecule has 0 radical (unpaired) electrons. The molecule has 2 fully saturated rings. The number of rotatable bonds is 5. The molecule has 0 spiro atoms. The molecule has 0 aromatic heterocycles. The summed E-state index contributed by atoms with van der Waals surface area (Å²) in [7, 11) is 0. The van der Waals surface area contributed by atoms with Crippen molar-refractivity contribution in [1.82, 2.24) is 9.80 Å². The maximum atomic E-state index is 13.2. The largest absolute Gasteiger partial charge is 0.492 e. The molecule has 0 unspecified atom stereocenters. The van der Waals surface area contributed by atoms with Crippen LogP contribution >= 0.6 is 0 Å². The number of ether oxygens (including phenoxy) is 1. The molecule has 2 heterocycles. The Morgan fingerprint density at radius 1 is 1.07 bits per heavy atom. The molecular formula is C24H29N3O3. The zero-order chi connectivity index (χ0) is 21.1. The van der Waals surface area contributed by atoms with E-state index in [1.54, 1.807) is 6.92 Å². The summed E-state index contributed by atoms with van der Waals surface area (Å²) >= 11 is 0. The highest BCUT2D eigenvalue weighted by Crippen LogP contribution is 2.41. The number of hydrogen-bond donors (Lipinski definition) is 1. The van der Waals surface area contributed by atoms with Crippen LogP contribution < -0.4 is 10.5 Å². The predicted molar refractivity (Wildman–Crippen MR) is 115 cm³/mol. The number of fused-ring (bicyclic) bond motifs is 1. The molecule has 2 aromatic carbocycles. The van der Waals surface area contributed by atoms with Crippen molar-refractivity contribution in [2.75, 3.05) is 32.8 Å². The zero-order valence-electron chi connectivity index (χ0n) is 17.4. The number of benzene rings is 2. The van der Waals surface area contributed by atoms with Gasteiger partial charge in [-0.1, -0.05) is 30.3 Å². The van der Waals surface area contributed by atoms with E-state index >= 15 is 0 Å². The van der Waals surface area contributed by atoms with Crippen LogP contribution in [-0.4, -0.2) is 60.4 Å².